The lowest BCUT2D eigenvalue weighted by atomic mass is 10.0. The summed E-state index contributed by atoms with van der Waals surface area (Å²) in [7, 11) is 0. The number of ether oxygens (including phenoxy) is 1. The normalized spacial score (nSPS) is 12.0. The summed E-state index contributed by atoms with van der Waals surface area (Å²) in [5.41, 5.74) is 0. The second-order valence-electron chi connectivity index (χ2n) is 5.14. The second kappa shape index (κ2) is 8.52. The summed E-state index contributed by atoms with van der Waals surface area (Å²) in [5.74, 6) is -0.548. The summed E-state index contributed by atoms with van der Waals surface area (Å²) in [5, 5.41) is 12.2. The smallest absolute Gasteiger partial charge is 0.326 e. The van der Waals surface area contributed by atoms with E-state index in [0.29, 0.717) is 17.2 Å². The molecule has 0 heterocycles. The molecule has 0 bridgehead atoms. The van der Waals surface area contributed by atoms with E-state index in [2.05, 4.69) is 5.32 Å². The minimum absolute atomic E-state index is 0.102. The van der Waals surface area contributed by atoms with E-state index in [9.17, 15) is 9.59 Å². The topological polar surface area (TPSA) is 75.6 Å². The van der Waals surface area contributed by atoms with Crippen molar-refractivity contribution < 1.29 is 19.4 Å². The summed E-state index contributed by atoms with van der Waals surface area (Å²) in [4.78, 5) is 22.7. The summed E-state index contributed by atoms with van der Waals surface area (Å²) in [6.45, 7) is 4.00. The third kappa shape index (κ3) is 6.99. The fraction of sp³-hybridized carbons (Fsp3) is 0.467. The molecule has 0 spiro atoms. The van der Waals surface area contributed by atoms with Gasteiger partial charge in [0.1, 0.15) is 11.8 Å². The van der Waals surface area contributed by atoms with E-state index in [1.54, 1.807) is 24.3 Å². The SMILES string of the molecule is CC(C)C[C@@H](NC(=O)CCOc1ccc(Cl)cc1)C(=O)O. The Morgan fingerprint density at radius 1 is 1.29 bits per heavy atom. The van der Waals surface area contributed by atoms with Gasteiger partial charge in [0.15, 0.2) is 0 Å². The zero-order valence-electron chi connectivity index (χ0n) is 12.1. The molecule has 2 N–H and O–H groups in total. The van der Waals surface area contributed by atoms with Gasteiger partial charge >= 0.3 is 5.97 Å². The Kier molecular flexibility index (Phi) is 7.02. The maximum Gasteiger partial charge on any atom is 0.326 e. The maximum atomic E-state index is 11.7. The van der Waals surface area contributed by atoms with Crippen molar-refractivity contribution in [3.63, 3.8) is 0 Å². The molecule has 6 heteroatoms. The Morgan fingerprint density at radius 2 is 1.90 bits per heavy atom. The van der Waals surface area contributed by atoms with Gasteiger partial charge in [-0.15, -0.1) is 0 Å². The summed E-state index contributed by atoms with van der Waals surface area (Å²) >= 11 is 5.75. The van der Waals surface area contributed by atoms with Crippen LogP contribution in [0.1, 0.15) is 26.7 Å². The largest absolute Gasteiger partial charge is 0.493 e. The number of carboxylic acids is 1. The van der Waals surface area contributed by atoms with Crippen molar-refractivity contribution in [1.82, 2.24) is 5.32 Å². The zero-order chi connectivity index (χ0) is 15.8. The number of amides is 1. The first-order valence-electron chi connectivity index (χ1n) is 6.79. The first kappa shape index (κ1) is 17.3. The van der Waals surface area contributed by atoms with Crippen LogP contribution in [0.4, 0.5) is 0 Å². The lowest BCUT2D eigenvalue weighted by molar-refractivity contribution is -0.142. The molecule has 116 valence electrons. The van der Waals surface area contributed by atoms with E-state index in [1.165, 1.54) is 0 Å². The molecule has 0 saturated heterocycles. The predicted molar refractivity (Wildman–Crippen MR) is 80.6 cm³/mol. The Labute approximate surface area is 129 Å². The van der Waals surface area contributed by atoms with Gasteiger partial charge in [-0.3, -0.25) is 4.79 Å². The number of carboxylic acid groups (broad SMARTS) is 1. The highest BCUT2D eigenvalue weighted by atomic mass is 35.5. The quantitative estimate of drug-likeness (QED) is 0.773. The first-order valence-corrected chi connectivity index (χ1v) is 7.17. The average molecular weight is 314 g/mol. The fourth-order valence-electron chi connectivity index (χ4n) is 1.75. The molecule has 1 aromatic carbocycles. The third-order valence-corrected chi connectivity index (χ3v) is 3.00. The van der Waals surface area contributed by atoms with Crippen molar-refractivity contribution >= 4 is 23.5 Å². The van der Waals surface area contributed by atoms with Crippen LogP contribution in [0, 0.1) is 5.92 Å². The Bertz CT molecular complexity index is 473. The third-order valence-electron chi connectivity index (χ3n) is 2.75. The van der Waals surface area contributed by atoms with Gasteiger partial charge < -0.3 is 15.2 Å². The number of nitrogens with one attached hydrogen (secondary N) is 1. The van der Waals surface area contributed by atoms with Crippen LogP contribution in [0.25, 0.3) is 0 Å². The van der Waals surface area contributed by atoms with Gasteiger partial charge in [-0.1, -0.05) is 25.4 Å². The van der Waals surface area contributed by atoms with Crippen LogP contribution in [0.3, 0.4) is 0 Å². The Morgan fingerprint density at radius 3 is 2.43 bits per heavy atom. The number of carbonyl (C=O) groups excluding carboxylic acids is 1. The van der Waals surface area contributed by atoms with Crippen LogP contribution in [-0.4, -0.2) is 29.6 Å². The molecular weight excluding hydrogens is 294 g/mol. The molecule has 1 rings (SSSR count). The molecule has 0 saturated carbocycles. The molecule has 0 unspecified atom stereocenters. The van der Waals surface area contributed by atoms with Crippen molar-refractivity contribution in [3.05, 3.63) is 29.3 Å². The van der Waals surface area contributed by atoms with E-state index in [4.69, 9.17) is 21.4 Å². The number of halogens is 1. The molecule has 1 amide bonds. The lowest BCUT2D eigenvalue weighted by Gasteiger charge is -2.16. The summed E-state index contributed by atoms with van der Waals surface area (Å²) < 4.78 is 5.39. The number of benzene rings is 1. The number of aliphatic carboxylic acids is 1. The Hall–Kier alpha value is -1.75. The van der Waals surface area contributed by atoms with Crippen LogP contribution in [0.2, 0.25) is 5.02 Å². The first-order chi connectivity index (χ1) is 9.88. The number of hydrogen-bond acceptors (Lipinski definition) is 3. The van der Waals surface area contributed by atoms with Gasteiger partial charge in [-0.05, 0) is 36.6 Å². The van der Waals surface area contributed by atoms with Gasteiger partial charge in [0.05, 0.1) is 13.0 Å². The summed E-state index contributed by atoms with van der Waals surface area (Å²) in [6, 6.07) is 5.95. The number of hydrogen-bond donors (Lipinski definition) is 2. The highest BCUT2D eigenvalue weighted by Crippen LogP contribution is 2.15. The van der Waals surface area contributed by atoms with Gasteiger partial charge in [-0.25, -0.2) is 4.79 Å². The summed E-state index contributed by atoms with van der Waals surface area (Å²) in [6.07, 6.45) is 0.504. The molecule has 0 fully saturated rings. The standard InChI is InChI=1S/C15H20ClNO4/c1-10(2)9-13(15(19)20)17-14(18)7-8-21-12-5-3-11(16)4-6-12/h3-6,10,13H,7-9H2,1-2H3,(H,17,18)(H,19,20)/t13-/m1/s1. The van der Waals surface area contributed by atoms with Crippen molar-refractivity contribution in [1.29, 1.82) is 0 Å². The molecule has 5 nitrogen and oxygen atoms in total. The number of carbonyl (C=O) groups is 2. The highest BCUT2D eigenvalue weighted by molar-refractivity contribution is 6.30. The molecule has 0 aliphatic carbocycles. The highest BCUT2D eigenvalue weighted by Gasteiger charge is 2.20. The molecule has 0 aromatic heterocycles. The molecule has 1 atom stereocenters. The molecular formula is C15H20ClNO4. The minimum Gasteiger partial charge on any atom is -0.493 e. The molecule has 0 aliphatic rings. The van der Waals surface area contributed by atoms with E-state index in [1.807, 2.05) is 13.8 Å². The molecule has 0 radical (unpaired) electrons. The van der Waals surface area contributed by atoms with Crippen LogP contribution < -0.4 is 10.1 Å². The maximum absolute atomic E-state index is 11.7. The van der Waals surface area contributed by atoms with Crippen molar-refractivity contribution in [3.8, 4) is 5.75 Å². The fourth-order valence-corrected chi connectivity index (χ4v) is 1.88. The van der Waals surface area contributed by atoms with Crippen LogP contribution in [0.5, 0.6) is 5.75 Å². The van der Waals surface area contributed by atoms with Crippen LogP contribution >= 0.6 is 11.6 Å². The van der Waals surface area contributed by atoms with Crippen LogP contribution in [0.15, 0.2) is 24.3 Å². The minimum atomic E-state index is -1.02. The van der Waals surface area contributed by atoms with E-state index in [0.717, 1.165) is 0 Å². The van der Waals surface area contributed by atoms with Crippen molar-refractivity contribution in [2.24, 2.45) is 5.92 Å². The van der Waals surface area contributed by atoms with Gasteiger partial charge in [0, 0.05) is 5.02 Å². The number of rotatable bonds is 8. The lowest BCUT2D eigenvalue weighted by Crippen LogP contribution is -2.42. The van der Waals surface area contributed by atoms with Crippen LogP contribution in [-0.2, 0) is 9.59 Å². The van der Waals surface area contributed by atoms with Gasteiger partial charge in [-0.2, -0.15) is 0 Å². The Balaban J connectivity index is 2.35. The monoisotopic (exact) mass is 313 g/mol. The average Bonchev–Trinajstić information content (AvgIpc) is 2.39. The molecule has 0 aliphatic heterocycles. The van der Waals surface area contributed by atoms with Crippen molar-refractivity contribution in [2.45, 2.75) is 32.7 Å². The van der Waals surface area contributed by atoms with E-state index < -0.39 is 12.0 Å². The van der Waals surface area contributed by atoms with Gasteiger partial charge in [0.25, 0.3) is 0 Å². The molecule has 21 heavy (non-hydrogen) atoms. The van der Waals surface area contributed by atoms with Crippen molar-refractivity contribution in [2.75, 3.05) is 6.61 Å². The predicted octanol–water partition coefficient (Wildman–Crippen LogP) is 2.72. The van der Waals surface area contributed by atoms with Gasteiger partial charge in [0.2, 0.25) is 5.91 Å². The molecule has 1 aromatic rings. The zero-order valence-corrected chi connectivity index (χ0v) is 12.9. The van der Waals surface area contributed by atoms with E-state index >= 15 is 0 Å². The second-order valence-corrected chi connectivity index (χ2v) is 5.58. The van der Waals surface area contributed by atoms with E-state index in [-0.39, 0.29) is 24.9 Å².